The molecule has 1 fully saturated rings. The maximum atomic E-state index is 12.4. The number of nitrogens with one attached hydrogen (secondary N) is 1. The number of rotatable bonds is 5. The number of pyridine rings is 1. The summed E-state index contributed by atoms with van der Waals surface area (Å²) < 4.78 is 10.6. The molecule has 0 bridgehead atoms. The van der Waals surface area contributed by atoms with Gasteiger partial charge in [-0.15, -0.1) is 0 Å². The summed E-state index contributed by atoms with van der Waals surface area (Å²) in [6.07, 6.45) is 7.58. The molecule has 0 spiro atoms. The highest BCUT2D eigenvalue weighted by atomic mass is 16.5. The van der Waals surface area contributed by atoms with E-state index in [0.29, 0.717) is 18.2 Å². The molecule has 1 aliphatic rings. The third-order valence-electron chi connectivity index (χ3n) is 4.52. The van der Waals surface area contributed by atoms with Gasteiger partial charge in [0.05, 0.1) is 24.9 Å². The van der Waals surface area contributed by atoms with Gasteiger partial charge in [-0.25, -0.2) is 4.79 Å². The Bertz CT molecular complexity index is 724. The number of anilines is 1. The number of esters is 1. The molecule has 0 aliphatic heterocycles. The van der Waals surface area contributed by atoms with Crippen LogP contribution in [0.3, 0.4) is 0 Å². The average Bonchev–Trinajstić information content (AvgIpc) is 2.62. The summed E-state index contributed by atoms with van der Waals surface area (Å²) in [6, 6.07) is 6.10. The highest BCUT2D eigenvalue weighted by molar-refractivity contribution is 6.05. The number of nitrogens with zero attached hydrogens (tertiary/aromatic N) is 1. The molecule has 1 heterocycles. The first-order valence-corrected chi connectivity index (χ1v) is 8.63. The van der Waals surface area contributed by atoms with Crippen molar-refractivity contribution >= 4 is 22.6 Å². The summed E-state index contributed by atoms with van der Waals surface area (Å²) in [6.45, 7) is 2.15. The molecule has 3 rings (SSSR count). The van der Waals surface area contributed by atoms with Gasteiger partial charge in [0.25, 0.3) is 0 Å². The smallest absolute Gasteiger partial charge is 0.341 e. The van der Waals surface area contributed by atoms with E-state index in [9.17, 15) is 4.79 Å². The zero-order valence-electron chi connectivity index (χ0n) is 14.3. The van der Waals surface area contributed by atoms with Gasteiger partial charge < -0.3 is 14.8 Å². The molecular formula is C19H24N2O3. The first-order valence-electron chi connectivity index (χ1n) is 8.63. The molecule has 1 aromatic heterocycles. The SMILES string of the molecule is CCOC(=O)c1cnc2ccc(OC)cc2c1NC1CCCCC1. The first kappa shape index (κ1) is 16.6. The van der Waals surface area contributed by atoms with Gasteiger partial charge in [-0.2, -0.15) is 0 Å². The molecule has 0 atom stereocenters. The molecule has 5 nitrogen and oxygen atoms in total. The van der Waals surface area contributed by atoms with Crippen molar-refractivity contribution in [2.24, 2.45) is 0 Å². The lowest BCUT2D eigenvalue weighted by Crippen LogP contribution is -2.24. The third-order valence-corrected chi connectivity index (χ3v) is 4.52. The molecule has 2 aromatic rings. The predicted molar refractivity (Wildman–Crippen MR) is 94.7 cm³/mol. The van der Waals surface area contributed by atoms with Crippen molar-refractivity contribution in [3.05, 3.63) is 30.0 Å². The number of benzene rings is 1. The van der Waals surface area contributed by atoms with Crippen LogP contribution in [0.5, 0.6) is 5.75 Å². The van der Waals surface area contributed by atoms with Crippen molar-refractivity contribution in [1.82, 2.24) is 4.98 Å². The summed E-state index contributed by atoms with van der Waals surface area (Å²) in [4.78, 5) is 16.8. The number of methoxy groups -OCH3 is 1. The minimum Gasteiger partial charge on any atom is -0.497 e. The van der Waals surface area contributed by atoms with Crippen molar-refractivity contribution in [3.8, 4) is 5.75 Å². The molecule has 5 heteroatoms. The lowest BCUT2D eigenvalue weighted by atomic mass is 9.94. The van der Waals surface area contributed by atoms with E-state index in [1.165, 1.54) is 19.3 Å². The highest BCUT2D eigenvalue weighted by Crippen LogP contribution is 2.32. The lowest BCUT2D eigenvalue weighted by Gasteiger charge is -2.25. The van der Waals surface area contributed by atoms with Crippen LogP contribution < -0.4 is 10.1 Å². The number of carbonyl (C=O) groups excluding carboxylic acids is 1. The number of hydrogen-bond donors (Lipinski definition) is 1. The molecule has 1 saturated carbocycles. The van der Waals surface area contributed by atoms with Crippen LogP contribution in [0.2, 0.25) is 0 Å². The second kappa shape index (κ2) is 7.51. The number of aromatic nitrogens is 1. The molecule has 0 amide bonds. The Morgan fingerprint density at radius 1 is 1.29 bits per heavy atom. The van der Waals surface area contributed by atoms with Crippen LogP contribution in [0.1, 0.15) is 49.4 Å². The number of fused-ring (bicyclic) bond motifs is 1. The zero-order valence-corrected chi connectivity index (χ0v) is 14.3. The first-order chi connectivity index (χ1) is 11.7. The zero-order chi connectivity index (χ0) is 16.9. The molecular weight excluding hydrogens is 304 g/mol. The molecule has 1 N–H and O–H groups in total. The average molecular weight is 328 g/mol. The van der Waals surface area contributed by atoms with Crippen LogP contribution in [0.15, 0.2) is 24.4 Å². The van der Waals surface area contributed by atoms with Crippen LogP contribution in [-0.4, -0.2) is 30.7 Å². The Balaban J connectivity index is 2.07. The van der Waals surface area contributed by atoms with Crippen LogP contribution >= 0.6 is 0 Å². The molecule has 0 unspecified atom stereocenters. The normalized spacial score (nSPS) is 15.2. The molecule has 0 saturated heterocycles. The molecule has 128 valence electrons. The monoisotopic (exact) mass is 328 g/mol. The minimum absolute atomic E-state index is 0.340. The largest absolute Gasteiger partial charge is 0.497 e. The van der Waals surface area contributed by atoms with Crippen molar-refractivity contribution in [2.75, 3.05) is 19.0 Å². The van der Waals surface area contributed by atoms with Gasteiger partial charge >= 0.3 is 5.97 Å². The fourth-order valence-electron chi connectivity index (χ4n) is 3.27. The number of hydrogen-bond acceptors (Lipinski definition) is 5. The fraction of sp³-hybridized carbons (Fsp3) is 0.474. The van der Waals surface area contributed by atoms with Crippen molar-refractivity contribution in [2.45, 2.75) is 45.1 Å². The summed E-state index contributed by atoms with van der Waals surface area (Å²) in [5.74, 6) is 0.407. The van der Waals surface area contributed by atoms with Gasteiger partial charge in [-0.05, 0) is 38.0 Å². The third kappa shape index (κ3) is 3.45. The Hall–Kier alpha value is -2.30. The van der Waals surface area contributed by atoms with E-state index >= 15 is 0 Å². The summed E-state index contributed by atoms with van der Waals surface area (Å²) in [5, 5.41) is 4.48. The van der Waals surface area contributed by atoms with E-state index in [1.807, 2.05) is 25.1 Å². The molecule has 0 radical (unpaired) electrons. The highest BCUT2D eigenvalue weighted by Gasteiger charge is 2.21. The van der Waals surface area contributed by atoms with Gasteiger partial charge in [0, 0.05) is 17.6 Å². The van der Waals surface area contributed by atoms with Gasteiger partial charge in [-0.3, -0.25) is 4.98 Å². The summed E-state index contributed by atoms with van der Waals surface area (Å²) in [5.41, 5.74) is 2.13. The van der Waals surface area contributed by atoms with Crippen LogP contribution in [-0.2, 0) is 4.74 Å². The maximum absolute atomic E-state index is 12.4. The van der Waals surface area contributed by atoms with E-state index in [4.69, 9.17) is 9.47 Å². The minimum atomic E-state index is -0.340. The van der Waals surface area contributed by atoms with E-state index in [-0.39, 0.29) is 5.97 Å². The van der Waals surface area contributed by atoms with Gasteiger partial charge in [0.1, 0.15) is 11.3 Å². The Kier molecular flexibility index (Phi) is 5.18. The standard InChI is InChI=1S/C19H24N2O3/c1-3-24-19(22)16-12-20-17-10-9-14(23-2)11-15(17)18(16)21-13-7-5-4-6-8-13/h9-13H,3-8H2,1-2H3,(H,20,21). The molecule has 24 heavy (non-hydrogen) atoms. The van der Waals surface area contributed by atoms with Crippen LogP contribution in [0.25, 0.3) is 10.9 Å². The second-order valence-corrected chi connectivity index (χ2v) is 6.13. The Morgan fingerprint density at radius 2 is 2.08 bits per heavy atom. The maximum Gasteiger partial charge on any atom is 0.341 e. The lowest BCUT2D eigenvalue weighted by molar-refractivity contribution is 0.0527. The van der Waals surface area contributed by atoms with Gasteiger partial charge in [0.15, 0.2) is 0 Å². The number of ether oxygens (including phenoxy) is 2. The topological polar surface area (TPSA) is 60.5 Å². The van der Waals surface area contributed by atoms with Gasteiger partial charge in [-0.1, -0.05) is 19.3 Å². The fourth-order valence-corrected chi connectivity index (χ4v) is 3.27. The van der Waals surface area contributed by atoms with Crippen molar-refractivity contribution < 1.29 is 14.3 Å². The Morgan fingerprint density at radius 3 is 2.79 bits per heavy atom. The Labute approximate surface area is 142 Å². The quantitative estimate of drug-likeness (QED) is 0.835. The van der Waals surface area contributed by atoms with E-state index in [1.54, 1.807) is 13.3 Å². The van der Waals surface area contributed by atoms with Gasteiger partial charge in [0.2, 0.25) is 0 Å². The number of carbonyl (C=O) groups is 1. The summed E-state index contributed by atoms with van der Waals surface area (Å²) >= 11 is 0. The van der Waals surface area contributed by atoms with Crippen molar-refractivity contribution in [1.29, 1.82) is 0 Å². The second-order valence-electron chi connectivity index (χ2n) is 6.13. The van der Waals surface area contributed by atoms with Crippen molar-refractivity contribution in [3.63, 3.8) is 0 Å². The predicted octanol–water partition coefficient (Wildman–Crippen LogP) is 4.16. The van der Waals surface area contributed by atoms with Crippen LogP contribution in [0, 0.1) is 0 Å². The summed E-state index contributed by atoms with van der Waals surface area (Å²) in [7, 11) is 1.64. The van der Waals surface area contributed by atoms with E-state index in [2.05, 4.69) is 10.3 Å². The molecule has 1 aliphatic carbocycles. The van der Waals surface area contributed by atoms with E-state index < -0.39 is 0 Å². The van der Waals surface area contributed by atoms with E-state index in [0.717, 1.165) is 35.2 Å². The molecule has 1 aromatic carbocycles. The van der Waals surface area contributed by atoms with Crippen LogP contribution in [0.4, 0.5) is 5.69 Å².